The van der Waals surface area contributed by atoms with Crippen molar-refractivity contribution in [2.75, 3.05) is 7.11 Å². The Kier molecular flexibility index (Phi) is 4.02. The molecule has 1 aromatic carbocycles. The van der Waals surface area contributed by atoms with Crippen LogP contribution >= 0.6 is 0 Å². The summed E-state index contributed by atoms with van der Waals surface area (Å²) in [7, 11) is 1.18. The van der Waals surface area contributed by atoms with Gasteiger partial charge in [0.2, 0.25) is 0 Å². The Balaban J connectivity index is 3.23. The Hall–Kier alpha value is -1.68. The Bertz CT molecular complexity index is 439. The van der Waals surface area contributed by atoms with E-state index in [0.29, 0.717) is 5.56 Å². The lowest BCUT2D eigenvalue weighted by molar-refractivity contribution is -0.166. The van der Waals surface area contributed by atoms with Crippen LogP contribution in [0.1, 0.15) is 24.5 Å². The molecule has 1 rings (SSSR count). The number of Topliss-reactive ketones (excluding diaryl/α,β-unsaturated/α-hetero) is 1. The molecule has 0 radical (unpaired) electrons. The summed E-state index contributed by atoms with van der Waals surface area (Å²) in [6.45, 7) is 3.17. The van der Waals surface area contributed by atoms with Crippen molar-refractivity contribution >= 4 is 11.8 Å². The molecule has 0 aliphatic carbocycles. The van der Waals surface area contributed by atoms with Crippen LogP contribution in [0.5, 0.6) is 0 Å². The minimum absolute atomic E-state index is 0.278. The third kappa shape index (κ3) is 2.91. The van der Waals surface area contributed by atoms with E-state index < -0.39 is 11.6 Å². The third-order valence-electron chi connectivity index (χ3n) is 2.52. The molecular formula is C13H16O4. The molecule has 17 heavy (non-hydrogen) atoms. The molecule has 0 fully saturated rings. The topological polar surface area (TPSA) is 63.6 Å². The van der Waals surface area contributed by atoms with Gasteiger partial charge < -0.3 is 9.84 Å². The van der Waals surface area contributed by atoms with Gasteiger partial charge in [-0.05, 0) is 19.4 Å². The van der Waals surface area contributed by atoms with Crippen molar-refractivity contribution in [2.45, 2.75) is 25.9 Å². The lowest BCUT2D eigenvalue weighted by Gasteiger charge is -2.24. The first-order valence-electron chi connectivity index (χ1n) is 5.27. The first kappa shape index (κ1) is 13.4. The highest BCUT2D eigenvalue weighted by atomic mass is 16.5. The number of aryl methyl sites for hydroxylation is 1. The van der Waals surface area contributed by atoms with E-state index in [2.05, 4.69) is 4.74 Å². The van der Waals surface area contributed by atoms with Gasteiger partial charge in [0.05, 0.1) is 7.11 Å². The van der Waals surface area contributed by atoms with Crippen molar-refractivity contribution in [3.63, 3.8) is 0 Å². The summed E-state index contributed by atoms with van der Waals surface area (Å²) in [6.07, 6.45) is -0.289. The van der Waals surface area contributed by atoms with Gasteiger partial charge in [-0.1, -0.05) is 29.8 Å². The SMILES string of the molecule is COC(=O)C(O)(CC(C)=O)c1cccc(C)c1. The second-order valence-corrected chi connectivity index (χ2v) is 4.10. The predicted octanol–water partition coefficient (Wildman–Crippen LogP) is 1.33. The second-order valence-electron chi connectivity index (χ2n) is 4.10. The number of methoxy groups -OCH3 is 1. The number of hydrogen-bond acceptors (Lipinski definition) is 4. The number of esters is 1. The monoisotopic (exact) mass is 236 g/mol. The molecule has 0 aliphatic rings. The van der Waals surface area contributed by atoms with Crippen LogP contribution in [0.15, 0.2) is 24.3 Å². The number of aliphatic hydroxyl groups is 1. The van der Waals surface area contributed by atoms with Crippen LogP contribution in [-0.2, 0) is 19.9 Å². The van der Waals surface area contributed by atoms with Gasteiger partial charge in [-0.2, -0.15) is 0 Å². The number of carbonyl (C=O) groups excluding carboxylic acids is 2. The summed E-state index contributed by atoms with van der Waals surface area (Å²) >= 11 is 0. The standard InChI is InChI=1S/C13H16O4/c1-9-5-4-6-11(7-9)13(16,8-10(2)14)12(15)17-3/h4-7,16H,8H2,1-3H3. The summed E-state index contributed by atoms with van der Waals surface area (Å²) in [4.78, 5) is 22.8. The van der Waals surface area contributed by atoms with Crippen LogP contribution in [0.25, 0.3) is 0 Å². The predicted molar refractivity (Wildman–Crippen MR) is 62.4 cm³/mol. The molecule has 1 N–H and O–H groups in total. The summed E-state index contributed by atoms with van der Waals surface area (Å²) in [5.41, 5.74) is -0.625. The van der Waals surface area contributed by atoms with E-state index in [1.165, 1.54) is 14.0 Å². The van der Waals surface area contributed by atoms with Crippen molar-refractivity contribution < 1.29 is 19.4 Å². The molecule has 1 aromatic rings. The highest BCUT2D eigenvalue weighted by Crippen LogP contribution is 2.27. The fraction of sp³-hybridized carbons (Fsp3) is 0.385. The van der Waals surface area contributed by atoms with E-state index in [-0.39, 0.29) is 12.2 Å². The Morgan fingerprint density at radius 2 is 2.06 bits per heavy atom. The number of ether oxygens (including phenoxy) is 1. The van der Waals surface area contributed by atoms with Gasteiger partial charge in [0.25, 0.3) is 0 Å². The van der Waals surface area contributed by atoms with Crippen molar-refractivity contribution in [3.8, 4) is 0 Å². The number of rotatable bonds is 4. The Morgan fingerprint density at radius 1 is 1.41 bits per heavy atom. The van der Waals surface area contributed by atoms with Crippen molar-refractivity contribution in [3.05, 3.63) is 35.4 Å². The summed E-state index contributed by atoms with van der Waals surface area (Å²) < 4.78 is 4.57. The molecule has 0 heterocycles. The van der Waals surface area contributed by atoms with Gasteiger partial charge in [-0.15, -0.1) is 0 Å². The highest BCUT2D eigenvalue weighted by molar-refractivity contribution is 5.88. The zero-order chi connectivity index (χ0) is 13.1. The average Bonchev–Trinajstić information content (AvgIpc) is 2.26. The average molecular weight is 236 g/mol. The van der Waals surface area contributed by atoms with E-state index in [9.17, 15) is 14.7 Å². The first-order valence-corrected chi connectivity index (χ1v) is 5.27. The fourth-order valence-corrected chi connectivity index (χ4v) is 1.72. The van der Waals surface area contributed by atoms with Crippen molar-refractivity contribution in [1.29, 1.82) is 0 Å². The van der Waals surface area contributed by atoms with E-state index in [0.717, 1.165) is 5.56 Å². The molecule has 1 unspecified atom stereocenters. The minimum atomic E-state index is -1.90. The van der Waals surface area contributed by atoms with Crippen LogP contribution in [-0.4, -0.2) is 24.0 Å². The summed E-state index contributed by atoms with van der Waals surface area (Å²) in [5.74, 6) is -1.10. The van der Waals surface area contributed by atoms with E-state index in [1.54, 1.807) is 18.2 Å². The molecule has 4 nitrogen and oxygen atoms in total. The molecule has 1 atom stereocenters. The molecule has 0 amide bonds. The third-order valence-corrected chi connectivity index (χ3v) is 2.52. The number of benzene rings is 1. The van der Waals surface area contributed by atoms with Gasteiger partial charge in [0.15, 0.2) is 5.60 Å². The maximum Gasteiger partial charge on any atom is 0.343 e. The van der Waals surface area contributed by atoms with Crippen LogP contribution in [0.2, 0.25) is 0 Å². The number of ketones is 1. The highest BCUT2D eigenvalue weighted by Gasteiger charge is 2.40. The molecule has 0 saturated heterocycles. The first-order chi connectivity index (χ1) is 7.90. The lowest BCUT2D eigenvalue weighted by atomic mass is 9.88. The number of carbonyl (C=O) groups is 2. The zero-order valence-electron chi connectivity index (χ0n) is 10.2. The Morgan fingerprint density at radius 3 is 2.53 bits per heavy atom. The summed E-state index contributed by atoms with van der Waals surface area (Å²) in [5, 5.41) is 10.4. The molecule has 0 bridgehead atoms. The molecule has 92 valence electrons. The van der Waals surface area contributed by atoms with Gasteiger partial charge in [0, 0.05) is 6.42 Å². The van der Waals surface area contributed by atoms with Gasteiger partial charge >= 0.3 is 5.97 Å². The van der Waals surface area contributed by atoms with E-state index in [1.807, 2.05) is 13.0 Å². The maximum atomic E-state index is 11.7. The van der Waals surface area contributed by atoms with Gasteiger partial charge in [0.1, 0.15) is 5.78 Å². The van der Waals surface area contributed by atoms with Gasteiger partial charge in [-0.25, -0.2) is 4.79 Å². The maximum absolute atomic E-state index is 11.7. The van der Waals surface area contributed by atoms with E-state index >= 15 is 0 Å². The fourth-order valence-electron chi connectivity index (χ4n) is 1.72. The zero-order valence-corrected chi connectivity index (χ0v) is 10.2. The largest absolute Gasteiger partial charge is 0.467 e. The molecule has 0 spiro atoms. The normalized spacial score (nSPS) is 13.9. The quantitative estimate of drug-likeness (QED) is 0.801. The second kappa shape index (κ2) is 5.10. The van der Waals surface area contributed by atoms with Crippen LogP contribution < -0.4 is 0 Å². The van der Waals surface area contributed by atoms with Crippen molar-refractivity contribution in [2.24, 2.45) is 0 Å². The number of hydrogen-bond donors (Lipinski definition) is 1. The molecule has 0 saturated carbocycles. The lowest BCUT2D eigenvalue weighted by Crippen LogP contribution is -2.38. The molecule has 0 aliphatic heterocycles. The summed E-state index contributed by atoms with van der Waals surface area (Å²) in [6, 6.07) is 6.83. The molecular weight excluding hydrogens is 220 g/mol. The smallest absolute Gasteiger partial charge is 0.343 e. The van der Waals surface area contributed by atoms with Crippen LogP contribution in [0.3, 0.4) is 0 Å². The van der Waals surface area contributed by atoms with Crippen molar-refractivity contribution in [1.82, 2.24) is 0 Å². The van der Waals surface area contributed by atoms with Crippen LogP contribution in [0, 0.1) is 6.92 Å². The molecule has 4 heteroatoms. The minimum Gasteiger partial charge on any atom is -0.467 e. The van der Waals surface area contributed by atoms with Crippen LogP contribution in [0.4, 0.5) is 0 Å². The van der Waals surface area contributed by atoms with E-state index in [4.69, 9.17) is 0 Å². The molecule has 0 aromatic heterocycles. The Labute approximate surface area is 100 Å². The van der Waals surface area contributed by atoms with Gasteiger partial charge in [-0.3, -0.25) is 4.79 Å².